The van der Waals surface area contributed by atoms with Crippen LogP contribution in [0.25, 0.3) is 10.9 Å². The number of ether oxygens (including phenoxy) is 2. The highest BCUT2D eigenvalue weighted by molar-refractivity contribution is 5.81. The molecule has 0 saturated heterocycles. The number of pyridine rings is 1. The van der Waals surface area contributed by atoms with Crippen LogP contribution in [0.4, 0.5) is 5.69 Å². The lowest BCUT2D eigenvalue weighted by Gasteiger charge is -2.17. The van der Waals surface area contributed by atoms with Crippen molar-refractivity contribution in [3.63, 3.8) is 0 Å². The van der Waals surface area contributed by atoms with Gasteiger partial charge < -0.3 is 19.9 Å². The zero-order valence-corrected chi connectivity index (χ0v) is 19.3. The Bertz CT molecular complexity index is 1340. The second-order valence-corrected chi connectivity index (χ2v) is 8.35. The minimum atomic E-state index is -0.944. The van der Waals surface area contributed by atoms with E-state index in [4.69, 9.17) is 14.5 Å². The van der Waals surface area contributed by atoms with Crippen molar-refractivity contribution in [2.75, 3.05) is 25.6 Å². The molecule has 0 amide bonds. The first-order valence-corrected chi connectivity index (χ1v) is 11.5. The summed E-state index contributed by atoms with van der Waals surface area (Å²) in [6, 6.07) is 9.46. The molecule has 4 heterocycles. The van der Waals surface area contributed by atoms with Gasteiger partial charge in [0.05, 0.1) is 49.3 Å². The van der Waals surface area contributed by atoms with Gasteiger partial charge in [-0.15, -0.1) is 0 Å². The van der Waals surface area contributed by atoms with Crippen molar-refractivity contribution in [2.24, 2.45) is 0 Å². The maximum atomic E-state index is 11.6. The summed E-state index contributed by atoms with van der Waals surface area (Å²) in [6.45, 7) is 1.50. The van der Waals surface area contributed by atoms with Crippen molar-refractivity contribution in [1.82, 2.24) is 24.7 Å². The van der Waals surface area contributed by atoms with E-state index in [1.54, 1.807) is 23.3 Å². The van der Waals surface area contributed by atoms with Gasteiger partial charge in [-0.25, -0.2) is 9.97 Å². The van der Waals surface area contributed by atoms with Crippen LogP contribution in [-0.2, 0) is 17.6 Å². The highest BCUT2D eigenvalue weighted by Gasteiger charge is 2.22. The van der Waals surface area contributed by atoms with Crippen molar-refractivity contribution in [2.45, 2.75) is 31.7 Å². The van der Waals surface area contributed by atoms with E-state index in [9.17, 15) is 9.90 Å². The summed E-state index contributed by atoms with van der Waals surface area (Å²) in [5.41, 5.74) is 4.70. The van der Waals surface area contributed by atoms with Crippen molar-refractivity contribution >= 4 is 22.6 Å². The van der Waals surface area contributed by atoms with Crippen molar-refractivity contribution < 1.29 is 19.4 Å². The monoisotopic (exact) mass is 474 g/mol. The van der Waals surface area contributed by atoms with E-state index in [1.165, 1.54) is 7.11 Å². The Labute approximate surface area is 202 Å². The third kappa shape index (κ3) is 5.01. The van der Waals surface area contributed by atoms with Gasteiger partial charge in [0.15, 0.2) is 0 Å². The predicted molar refractivity (Wildman–Crippen MR) is 129 cm³/mol. The Balaban J connectivity index is 1.30. The fourth-order valence-corrected chi connectivity index (χ4v) is 4.27. The first kappa shape index (κ1) is 22.6. The summed E-state index contributed by atoms with van der Waals surface area (Å²) in [4.78, 5) is 24.6. The number of carboxylic acid groups (broad SMARTS) is 1. The molecule has 0 aliphatic carbocycles. The molecule has 1 aromatic carbocycles. The van der Waals surface area contributed by atoms with Gasteiger partial charge in [-0.05, 0) is 43.2 Å². The molecular formula is C25H26N6O4. The van der Waals surface area contributed by atoms with E-state index < -0.39 is 12.0 Å². The molecule has 0 bridgehead atoms. The van der Waals surface area contributed by atoms with Gasteiger partial charge in [-0.3, -0.25) is 14.5 Å². The summed E-state index contributed by atoms with van der Waals surface area (Å²) in [5, 5.41) is 18.2. The lowest BCUT2D eigenvalue weighted by Crippen LogP contribution is -2.17. The Morgan fingerprint density at radius 1 is 1.20 bits per heavy atom. The quantitative estimate of drug-likeness (QED) is 0.376. The summed E-state index contributed by atoms with van der Waals surface area (Å²) in [5.74, 6) is -0.222. The number of fused-ring (bicyclic) bond motifs is 2. The molecule has 0 radical (unpaired) electrons. The Kier molecular flexibility index (Phi) is 6.42. The van der Waals surface area contributed by atoms with Crippen LogP contribution < -0.4 is 14.8 Å². The second kappa shape index (κ2) is 9.96. The van der Waals surface area contributed by atoms with Crippen LogP contribution in [0.15, 0.2) is 48.9 Å². The number of methoxy groups -OCH3 is 1. The molecule has 5 rings (SSSR count). The normalized spacial score (nSPS) is 13.6. The molecule has 3 aromatic heterocycles. The third-order valence-electron chi connectivity index (χ3n) is 6.01. The number of aliphatic carboxylic acids is 1. The SMILES string of the molecule is COc1ncc([C@H](CC(=O)O)n2ncc3cc(OCCc4ccc5c(n4)CCCN5)ccc32)cn1. The molecule has 0 saturated carbocycles. The molecule has 10 heteroatoms. The Morgan fingerprint density at radius 3 is 2.86 bits per heavy atom. The van der Waals surface area contributed by atoms with Gasteiger partial charge in [-0.2, -0.15) is 5.10 Å². The average Bonchev–Trinajstić information content (AvgIpc) is 3.30. The molecule has 4 aromatic rings. The Hall–Kier alpha value is -4.21. The maximum Gasteiger partial charge on any atom is 0.316 e. The van der Waals surface area contributed by atoms with E-state index in [1.807, 2.05) is 24.3 Å². The molecule has 0 spiro atoms. The summed E-state index contributed by atoms with van der Waals surface area (Å²) in [6.07, 6.45) is 7.50. The smallest absolute Gasteiger partial charge is 0.316 e. The van der Waals surface area contributed by atoms with E-state index >= 15 is 0 Å². The van der Waals surface area contributed by atoms with E-state index in [0.717, 1.165) is 53.1 Å². The molecular weight excluding hydrogens is 448 g/mol. The first-order valence-electron chi connectivity index (χ1n) is 11.5. The molecule has 2 N–H and O–H groups in total. The molecule has 180 valence electrons. The zero-order valence-electron chi connectivity index (χ0n) is 19.3. The summed E-state index contributed by atoms with van der Waals surface area (Å²) in [7, 11) is 1.48. The minimum absolute atomic E-state index is 0.159. The van der Waals surface area contributed by atoms with Crippen LogP contribution in [-0.4, -0.2) is 56.1 Å². The number of hydrogen-bond donors (Lipinski definition) is 2. The lowest BCUT2D eigenvalue weighted by atomic mass is 10.1. The number of carboxylic acids is 1. The van der Waals surface area contributed by atoms with Gasteiger partial charge in [-0.1, -0.05) is 0 Å². The third-order valence-corrected chi connectivity index (χ3v) is 6.01. The van der Waals surface area contributed by atoms with Crippen LogP contribution in [0.1, 0.15) is 35.8 Å². The number of anilines is 1. The van der Waals surface area contributed by atoms with Crippen LogP contribution in [0.2, 0.25) is 0 Å². The van der Waals surface area contributed by atoms with Crippen molar-refractivity contribution in [3.05, 3.63) is 65.9 Å². The molecule has 10 nitrogen and oxygen atoms in total. The van der Waals surface area contributed by atoms with Gasteiger partial charge >= 0.3 is 12.0 Å². The number of benzene rings is 1. The van der Waals surface area contributed by atoms with Gasteiger partial charge in [0.2, 0.25) is 0 Å². The fourth-order valence-electron chi connectivity index (χ4n) is 4.27. The van der Waals surface area contributed by atoms with Gasteiger partial charge in [0, 0.05) is 42.0 Å². The number of nitrogens with zero attached hydrogens (tertiary/aromatic N) is 5. The van der Waals surface area contributed by atoms with Crippen molar-refractivity contribution in [3.8, 4) is 11.8 Å². The lowest BCUT2D eigenvalue weighted by molar-refractivity contribution is -0.137. The minimum Gasteiger partial charge on any atom is -0.493 e. The standard InChI is InChI=1S/C25H26N6O4/c1-34-25-27-13-17(14-28-25)23(12-24(32)33)31-22-7-5-19(11-16(22)15-29-31)35-10-8-18-4-6-20-21(30-18)3-2-9-26-20/h4-7,11,13-15,23,26H,2-3,8-10,12H2,1H3,(H,32,33)/t23-/m0/s1. The number of aryl methyl sites for hydroxylation is 1. The average molecular weight is 475 g/mol. The molecule has 1 aliphatic heterocycles. The highest BCUT2D eigenvalue weighted by atomic mass is 16.5. The summed E-state index contributed by atoms with van der Waals surface area (Å²) < 4.78 is 12.7. The molecule has 1 aliphatic rings. The second-order valence-electron chi connectivity index (χ2n) is 8.35. The topological polar surface area (TPSA) is 124 Å². The number of nitrogens with one attached hydrogen (secondary N) is 1. The first-order chi connectivity index (χ1) is 17.1. The molecule has 0 unspecified atom stereocenters. The zero-order chi connectivity index (χ0) is 24.2. The van der Waals surface area contributed by atoms with Crippen LogP contribution >= 0.6 is 0 Å². The van der Waals surface area contributed by atoms with Crippen LogP contribution in [0, 0.1) is 0 Å². The van der Waals surface area contributed by atoms with Crippen LogP contribution in [0.5, 0.6) is 11.8 Å². The number of hydrogen-bond acceptors (Lipinski definition) is 8. The largest absolute Gasteiger partial charge is 0.493 e. The number of rotatable bonds is 9. The predicted octanol–water partition coefficient (Wildman–Crippen LogP) is 3.27. The van der Waals surface area contributed by atoms with Crippen molar-refractivity contribution in [1.29, 1.82) is 0 Å². The molecule has 0 fully saturated rings. The molecule has 1 atom stereocenters. The fraction of sp³-hybridized carbons (Fsp3) is 0.320. The van der Waals surface area contributed by atoms with E-state index in [0.29, 0.717) is 18.6 Å². The van der Waals surface area contributed by atoms with E-state index in [2.05, 4.69) is 26.4 Å². The maximum absolute atomic E-state index is 11.6. The molecule has 35 heavy (non-hydrogen) atoms. The Morgan fingerprint density at radius 2 is 2.06 bits per heavy atom. The van der Waals surface area contributed by atoms with E-state index in [-0.39, 0.29) is 12.4 Å². The van der Waals surface area contributed by atoms with Crippen LogP contribution in [0.3, 0.4) is 0 Å². The highest BCUT2D eigenvalue weighted by Crippen LogP contribution is 2.28. The van der Waals surface area contributed by atoms with Gasteiger partial charge in [0.1, 0.15) is 5.75 Å². The summed E-state index contributed by atoms with van der Waals surface area (Å²) >= 11 is 0. The van der Waals surface area contributed by atoms with Gasteiger partial charge in [0.25, 0.3) is 0 Å². The number of carbonyl (C=O) groups is 1. The number of aromatic nitrogens is 5.